The molecule has 0 bridgehead atoms. The molecule has 116 valence electrons. The molecule has 0 aliphatic rings. The topological polar surface area (TPSA) is 37.3 Å². The molecule has 1 heterocycles. The number of nitrogens with zero attached hydrogens (tertiary/aromatic N) is 2. The molecular weight excluding hydrogens is 301 g/mol. The lowest BCUT2D eigenvalue weighted by Gasteiger charge is -2.09. The zero-order valence-corrected chi connectivity index (χ0v) is 12.8. The van der Waals surface area contributed by atoms with Crippen molar-refractivity contribution in [3.05, 3.63) is 84.2 Å². The molecule has 0 aliphatic carbocycles. The maximum atomic E-state index is 13.2. The molecule has 0 radical (unpaired) electrons. The number of aromatic nitrogens is 1. The maximum Gasteiger partial charge on any atom is 0.123 e. The number of hydrogen-bond acceptors (Lipinski definition) is 3. The average Bonchev–Trinajstić information content (AvgIpc) is 2.61. The van der Waals surface area contributed by atoms with Crippen molar-refractivity contribution < 1.29 is 4.39 Å². The highest BCUT2D eigenvalue weighted by Gasteiger charge is 2.07. The number of halogens is 1. The highest BCUT2D eigenvalue weighted by Crippen LogP contribution is 2.30. The van der Waals surface area contributed by atoms with Crippen molar-refractivity contribution in [2.24, 2.45) is 5.10 Å². The summed E-state index contributed by atoms with van der Waals surface area (Å²) in [5, 5.41) is 6.27. The van der Waals surface area contributed by atoms with Crippen molar-refractivity contribution in [3.8, 4) is 0 Å². The SMILES string of the molecule is Fc1cccc(/C=N/Nc2c3ccccc3nc3ccccc23)c1. The van der Waals surface area contributed by atoms with Crippen LogP contribution in [-0.4, -0.2) is 11.2 Å². The average molecular weight is 315 g/mol. The molecule has 0 atom stereocenters. The smallest absolute Gasteiger partial charge is 0.123 e. The van der Waals surface area contributed by atoms with Crippen LogP contribution in [0.5, 0.6) is 0 Å². The minimum Gasteiger partial charge on any atom is -0.277 e. The van der Waals surface area contributed by atoms with Crippen molar-refractivity contribution in [1.82, 2.24) is 4.98 Å². The Balaban J connectivity index is 1.79. The summed E-state index contributed by atoms with van der Waals surface area (Å²) >= 11 is 0. The first-order chi connectivity index (χ1) is 11.8. The fourth-order valence-electron chi connectivity index (χ4n) is 2.72. The van der Waals surface area contributed by atoms with Crippen molar-refractivity contribution in [3.63, 3.8) is 0 Å². The van der Waals surface area contributed by atoms with Crippen molar-refractivity contribution >= 4 is 33.7 Å². The second-order valence-electron chi connectivity index (χ2n) is 5.45. The van der Waals surface area contributed by atoms with E-state index in [-0.39, 0.29) is 5.82 Å². The highest BCUT2D eigenvalue weighted by molar-refractivity contribution is 6.07. The summed E-state index contributed by atoms with van der Waals surface area (Å²) in [4.78, 5) is 4.67. The molecule has 1 N–H and O–H groups in total. The molecule has 1 aromatic heterocycles. The number of hydrogen-bond donors (Lipinski definition) is 1. The molecule has 3 aromatic carbocycles. The van der Waals surface area contributed by atoms with Crippen molar-refractivity contribution in [2.75, 3.05) is 5.43 Å². The first-order valence-corrected chi connectivity index (χ1v) is 7.63. The largest absolute Gasteiger partial charge is 0.277 e. The van der Waals surface area contributed by atoms with E-state index in [9.17, 15) is 4.39 Å². The Labute approximate surface area is 138 Å². The molecule has 3 nitrogen and oxygen atoms in total. The Bertz CT molecular complexity index is 1000. The molecule has 4 heteroatoms. The number of para-hydroxylation sites is 2. The normalized spacial score (nSPS) is 11.4. The van der Waals surface area contributed by atoms with Gasteiger partial charge in [0.25, 0.3) is 0 Å². The first-order valence-electron chi connectivity index (χ1n) is 7.63. The molecule has 0 saturated carbocycles. The lowest BCUT2D eigenvalue weighted by Crippen LogP contribution is -1.95. The van der Waals surface area contributed by atoms with Crippen LogP contribution in [0.2, 0.25) is 0 Å². The number of rotatable bonds is 3. The van der Waals surface area contributed by atoms with Crippen LogP contribution < -0.4 is 5.43 Å². The van der Waals surface area contributed by atoms with Crippen LogP contribution in [0.1, 0.15) is 5.56 Å². The summed E-state index contributed by atoms with van der Waals surface area (Å²) in [5.41, 5.74) is 6.50. The third-order valence-electron chi connectivity index (χ3n) is 3.83. The third kappa shape index (κ3) is 2.70. The van der Waals surface area contributed by atoms with Gasteiger partial charge in [0, 0.05) is 10.8 Å². The van der Waals surface area contributed by atoms with Crippen LogP contribution in [0.15, 0.2) is 77.9 Å². The van der Waals surface area contributed by atoms with Crippen LogP contribution in [0.25, 0.3) is 21.8 Å². The van der Waals surface area contributed by atoms with Crippen LogP contribution in [0.3, 0.4) is 0 Å². The maximum absolute atomic E-state index is 13.2. The Hall–Kier alpha value is -3.27. The highest BCUT2D eigenvalue weighted by atomic mass is 19.1. The number of pyridine rings is 1. The van der Waals surface area contributed by atoms with Gasteiger partial charge in [0.05, 0.1) is 22.9 Å². The van der Waals surface area contributed by atoms with E-state index in [4.69, 9.17) is 0 Å². The van der Waals surface area contributed by atoms with E-state index in [0.717, 1.165) is 27.5 Å². The quantitative estimate of drug-likeness (QED) is 0.329. The van der Waals surface area contributed by atoms with Crippen LogP contribution >= 0.6 is 0 Å². The lowest BCUT2D eigenvalue weighted by molar-refractivity contribution is 0.627. The Morgan fingerprint density at radius 1 is 0.833 bits per heavy atom. The summed E-state index contributed by atoms with van der Waals surface area (Å²) in [7, 11) is 0. The van der Waals surface area contributed by atoms with Gasteiger partial charge < -0.3 is 0 Å². The number of benzene rings is 3. The third-order valence-corrected chi connectivity index (χ3v) is 3.83. The van der Waals surface area contributed by atoms with E-state index in [1.165, 1.54) is 12.1 Å². The van der Waals surface area contributed by atoms with Crippen LogP contribution in [0.4, 0.5) is 10.1 Å². The number of anilines is 1. The van der Waals surface area contributed by atoms with Gasteiger partial charge in [-0.3, -0.25) is 5.43 Å². The summed E-state index contributed by atoms with van der Waals surface area (Å²) < 4.78 is 13.2. The van der Waals surface area contributed by atoms with Gasteiger partial charge in [0.2, 0.25) is 0 Å². The van der Waals surface area contributed by atoms with E-state index in [1.807, 2.05) is 48.5 Å². The fraction of sp³-hybridized carbons (Fsp3) is 0. The summed E-state index contributed by atoms with van der Waals surface area (Å²) in [6.07, 6.45) is 1.60. The van der Waals surface area contributed by atoms with Crippen molar-refractivity contribution in [2.45, 2.75) is 0 Å². The molecule has 24 heavy (non-hydrogen) atoms. The van der Waals surface area contributed by atoms with E-state index < -0.39 is 0 Å². The van der Waals surface area contributed by atoms with Gasteiger partial charge >= 0.3 is 0 Å². The zero-order chi connectivity index (χ0) is 16.4. The van der Waals surface area contributed by atoms with Gasteiger partial charge in [-0.05, 0) is 29.8 Å². The molecule has 0 saturated heterocycles. The Morgan fingerprint density at radius 3 is 2.17 bits per heavy atom. The van der Waals surface area contributed by atoms with Gasteiger partial charge in [0.1, 0.15) is 5.82 Å². The van der Waals surface area contributed by atoms with Gasteiger partial charge in [-0.15, -0.1) is 0 Å². The van der Waals surface area contributed by atoms with E-state index in [2.05, 4.69) is 15.5 Å². The monoisotopic (exact) mass is 315 g/mol. The molecule has 0 amide bonds. The van der Waals surface area contributed by atoms with Crippen molar-refractivity contribution in [1.29, 1.82) is 0 Å². The first kappa shape index (κ1) is 14.3. The summed E-state index contributed by atoms with van der Waals surface area (Å²) in [5.74, 6) is -0.279. The number of fused-ring (bicyclic) bond motifs is 2. The minimum absolute atomic E-state index is 0.279. The molecule has 0 aliphatic heterocycles. The lowest BCUT2D eigenvalue weighted by atomic mass is 10.1. The molecular formula is C20H14FN3. The van der Waals surface area contributed by atoms with Gasteiger partial charge in [0.15, 0.2) is 0 Å². The summed E-state index contributed by atoms with van der Waals surface area (Å²) in [6, 6.07) is 22.2. The summed E-state index contributed by atoms with van der Waals surface area (Å²) in [6.45, 7) is 0. The zero-order valence-electron chi connectivity index (χ0n) is 12.8. The number of hydrazone groups is 1. The predicted octanol–water partition coefficient (Wildman–Crippen LogP) is 4.97. The fourth-order valence-corrected chi connectivity index (χ4v) is 2.72. The van der Waals surface area contributed by atoms with E-state index >= 15 is 0 Å². The second-order valence-corrected chi connectivity index (χ2v) is 5.45. The molecule has 4 aromatic rings. The van der Waals surface area contributed by atoms with E-state index in [0.29, 0.717) is 5.56 Å². The molecule has 0 unspecified atom stereocenters. The molecule has 4 rings (SSSR count). The van der Waals surface area contributed by atoms with E-state index in [1.54, 1.807) is 18.3 Å². The number of nitrogens with one attached hydrogen (secondary N) is 1. The van der Waals surface area contributed by atoms with Gasteiger partial charge in [-0.2, -0.15) is 5.10 Å². The van der Waals surface area contributed by atoms with Gasteiger partial charge in [-0.25, -0.2) is 9.37 Å². The van der Waals surface area contributed by atoms with Gasteiger partial charge in [-0.1, -0.05) is 48.5 Å². The van der Waals surface area contributed by atoms with Crippen LogP contribution in [-0.2, 0) is 0 Å². The minimum atomic E-state index is -0.279. The second kappa shape index (κ2) is 6.08. The Kier molecular flexibility index (Phi) is 3.63. The van der Waals surface area contributed by atoms with Crippen LogP contribution in [0, 0.1) is 5.82 Å². The predicted molar refractivity (Wildman–Crippen MR) is 96.9 cm³/mol. The Morgan fingerprint density at radius 2 is 1.50 bits per heavy atom. The molecule has 0 fully saturated rings. The molecule has 0 spiro atoms. The standard InChI is InChI=1S/C20H14FN3/c21-15-7-5-6-14(12-15)13-22-24-20-16-8-1-3-10-18(16)23-19-11-4-2-9-17(19)20/h1-13H,(H,23,24)/b22-13+.